The Bertz CT molecular complexity index is 748. The summed E-state index contributed by atoms with van der Waals surface area (Å²) >= 11 is 0. The largest absolute Gasteiger partial charge is 0.481 e. The zero-order chi connectivity index (χ0) is 15.6. The maximum atomic E-state index is 12.1. The van der Waals surface area contributed by atoms with Crippen molar-refractivity contribution in [3.63, 3.8) is 0 Å². The number of hydrogen-bond acceptors (Lipinski definition) is 3. The molecule has 0 saturated heterocycles. The summed E-state index contributed by atoms with van der Waals surface area (Å²) in [6, 6.07) is 7.80. The predicted octanol–water partition coefficient (Wildman–Crippen LogP) is 1.84. The Kier molecular flexibility index (Phi) is 4.21. The first-order chi connectivity index (χ1) is 9.90. The molecule has 1 heterocycles. The lowest BCUT2D eigenvalue weighted by Crippen LogP contribution is -2.29. The van der Waals surface area contributed by atoms with E-state index in [1.807, 2.05) is 31.2 Å². The highest BCUT2D eigenvalue weighted by atomic mass is 16.4. The van der Waals surface area contributed by atoms with Crippen LogP contribution in [0.3, 0.4) is 0 Å². The molecular weight excluding hydrogens is 268 g/mol. The number of aryl methyl sites for hydroxylation is 2. The summed E-state index contributed by atoms with van der Waals surface area (Å²) in [6.45, 7) is 5.82. The van der Waals surface area contributed by atoms with Gasteiger partial charge in [0.1, 0.15) is 0 Å². The minimum absolute atomic E-state index is 0.126. The van der Waals surface area contributed by atoms with E-state index in [-0.39, 0.29) is 12.1 Å². The predicted molar refractivity (Wildman–Crippen MR) is 79.6 cm³/mol. The molecule has 110 valence electrons. The molecule has 21 heavy (non-hydrogen) atoms. The van der Waals surface area contributed by atoms with Crippen molar-refractivity contribution < 1.29 is 9.90 Å². The molecule has 0 aliphatic rings. The van der Waals surface area contributed by atoms with Gasteiger partial charge in [0, 0.05) is 17.0 Å². The van der Waals surface area contributed by atoms with Crippen molar-refractivity contribution in [3.05, 3.63) is 62.8 Å². The molecule has 0 aliphatic heterocycles. The van der Waals surface area contributed by atoms with E-state index in [4.69, 9.17) is 5.11 Å². The van der Waals surface area contributed by atoms with Gasteiger partial charge in [0.2, 0.25) is 0 Å². The van der Waals surface area contributed by atoms with Crippen LogP contribution in [0.2, 0.25) is 0 Å². The van der Waals surface area contributed by atoms with Crippen molar-refractivity contribution in [1.82, 2.24) is 9.55 Å². The Morgan fingerprint density at radius 2 is 1.90 bits per heavy atom. The second-order valence-electron chi connectivity index (χ2n) is 5.13. The van der Waals surface area contributed by atoms with Crippen molar-refractivity contribution in [3.8, 4) is 0 Å². The Morgan fingerprint density at radius 1 is 1.24 bits per heavy atom. The van der Waals surface area contributed by atoms with Crippen molar-refractivity contribution in [2.24, 2.45) is 0 Å². The van der Waals surface area contributed by atoms with Gasteiger partial charge in [0.15, 0.2) is 0 Å². The van der Waals surface area contributed by atoms with E-state index in [0.717, 1.165) is 11.1 Å². The molecule has 0 unspecified atom stereocenters. The number of aromatic nitrogens is 2. The standard InChI is InChI=1S/C16H18N2O3/c1-10-6-4-5-7-13(10)9-18-12(3)14(8-15(19)20)11(2)17-16(18)21/h4-7H,8-9H2,1-3H3,(H,19,20). The van der Waals surface area contributed by atoms with Crippen LogP contribution in [0, 0.1) is 20.8 Å². The van der Waals surface area contributed by atoms with Crippen LogP contribution in [0.4, 0.5) is 0 Å². The van der Waals surface area contributed by atoms with Gasteiger partial charge in [-0.15, -0.1) is 0 Å². The zero-order valence-electron chi connectivity index (χ0n) is 12.4. The molecule has 1 aromatic carbocycles. The number of carboxylic acids is 1. The second-order valence-corrected chi connectivity index (χ2v) is 5.13. The smallest absolute Gasteiger partial charge is 0.348 e. The normalized spacial score (nSPS) is 10.6. The van der Waals surface area contributed by atoms with E-state index in [1.165, 1.54) is 4.57 Å². The van der Waals surface area contributed by atoms with Crippen LogP contribution in [0.5, 0.6) is 0 Å². The summed E-state index contributed by atoms with van der Waals surface area (Å²) in [4.78, 5) is 27.0. The molecule has 0 aliphatic carbocycles. The van der Waals surface area contributed by atoms with E-state index in [2.05, 4.69) is 4.98 Å². The summed E-state index contributed by atoms with van der Waals surface area (Å²) in [7, 11) is 0. The number of rotatable bonds is 4. The number of benzene rings is 1. The fraction of sp³-hybridized carbons (Fsp3) is 0.312. The SMILES string of the molecule is Cc1ccccc1Cn1c(C)c(CC(=O)O)c(C)nc1=O. The van der Waals surface area contributed by atoms with Crippen LogP contribution in [-0.2, 0) is 17.8 Å². The van der Waals surface area contributed by atoms with Gasteiger partial charge in [-0.05, 0) is 31.9 Å². The second kappa shape index (κ2) is 5.91. The van der Waals surface area contributed by atoms with E-state index < -0.39 is 5.97 Å². The summed E-state index contributed by atoms with van der Waals surface area (Å²) < 4.78 is 1.54. The monoisotopic (exact) mass is 286 g/mol. The third kappa shape index (κ3) is 3.18. The van der Waals surface area contributed by atoms with Crippen molar-refractivity contribution in [1.29, 1.82) is 0 Å². The molecule has 0 spiro atoms. The summed E-state index contributed by atoms with van der Waals surface area (Å²) in [5.41, 5.74) is 3.52. The lowest BCUT2D eigenvalue weighted by molar-refractivity contribution is -0.136. The van der Waals surface area contributed by atoms with E-state index in [0.29, 0.717) is 23.5 Å². The Labute approximate surface area is 122 Å². The lowest BCUT2D eigenvalue weighted by atomic mass is 10.1. The van der Waals surface area contributed by atoms with Gasteiger partial charge in [0.25, 0.3) is 0 Å². The van der Waals surface area contributed by atoms with Crippen LogP contribution in [0.25, 0.3) is 0 Å². The minimum atomic E-state index is -0.927. The third-order valence-electron chi connectivity index (χ3n) is 3.69. The van der Waals surface area contributed by atoms with Gasteiger partial charge in [-0.1, -0.05) is 24.3 Å². The van der Waals surface area contributed by atoms with E-state index in [1.54, 1.807) is 13.8 Å². The molecule has 1 aromatic heterocycles. The molecule has 0 radical (unpaired) electrons. The van der Waals surface area contributed by atoms with Crippen molar-refractivity contribution >= 4 is 5.97 Å². The molecule has 1 N–H and O–H groups in total. The number of hydrogen-bond donors (Lipinski definition) is 1. The van der Waals surface area contributed by atoms with Gasteiger partial charge in [0.05, 0.1) is 13.0 Å². The zero-order valence-corrected chi connectivity index (χ0v) is 12.4. The average Bonchev–Trinajstić information content (AvgIpc) is 2.41. The number of nitrogens with zero attached hydrogens (tertiary/aromatic N) is 2. The highest BCUT2D eigenvalue weighted by Crippen LogP contribution is 2.14. The summed E-state index contributed by atoms with van der Waals surface area (Å²) in [5.74, 6) is -0.927. The fourth-order valence-electron chi connectivity index (χ4n) is 2.39. The summed E-state index contributed by atoms with van der Waals surface area (Å²) in [6.07, 6.45) is -0.126. The van der Waals surface area contributed by atoms with Gasteiger partial charge in [-0.2, -0.15) is 4.98 Å². The van der Waals surface area contributed by atoms with Crippen molar-refractivity contribution in [2.45, 2.75) is 33.7 Å². The molecule has 0 amide bonds. The maximum absolute atomic E-state index is 12.1. The van der Waals surface area contributed by atoms with Crippen LogP contribution < -0.4 is 5.69 Å². The van der Waals surface area contributed by atoms with E-state index >= 15 is 0 Å². The molecule has 0 atom stereocenters. The van der Waals surface area contributed by atoms with Crippen LogP contribution in [-0.4, -0.2) is 20.6 Å². The van der Waals surface area contributed by atoms with Crippen LogP contribution >= 0.6 is 0 Å². The molecule has 5 heteroatoms. The first kappa shape index (κ1) is 15.0. The fourth-order valence-corrected chi connectivity index (χ4v) is 2.39. The first-order valence-corrected chi connectivity index (χ1v) is 6.73. The number of carboxylic acid groups (broad SMARTS) is 1. The molecule has 5 nitrogen and oxygen atoms in total. The van der Waals surface area contributed by atoms with Gasteiger partial charge < -0.3 is 5.11 Å². The number of aliphatic carboxylic acids is 1. The Balaban J connectivity index is 2.51. The molecule has 2 aromatic rings. The van der Waals surface area contributed by atoms with Gasteiger partial charge >= 0.3 is 11.7 Å². The Hall–Kier alpha value is -2.43. The molecule has 0 bridgehead atoms. The molecular formula is C16H18N2O3. The quantitative estimate of drug-likeness (QED) is 0.931. The first-order valence-electron chi connectivity index (χ1n) is 6.73. The van der Waals surface area contributed by atoms with Crippen molar-refractivity contribution in [2.75, 3.05) is 0 Å². The van der Waals surface area contributed by atoms with E-state index in [9.17, 15) is 9.59 Å². The maximum Gasteiger partial charge on any atom is 0.348 e. The third-order valence-corrected chi connectivity index (χ3v) is 3.69. The molecule has 0 saturated carbocycles. The number of carbonyl (C=O) groups is 1. The Morgan fingerprint density at radius 3 is 2.52 bits per heavy atom. The molecule has 2 rings (SSSR count). The summed E-state index contributed by atoms with van der Waals surface area (Å²) in [5, 5.41) is 8.99. The molecule has 0 fully saturated rings. The topological polar surface area (TPSA) is 72.2 Å². The van der Waals surface area contributed by atoms with Crippen LogP contribution in [0.15, 0.2) is 29.1 Å². The highest BCUT2D eigenvalue weighted by molar-refractivity contribution is 5.70. The van der Waals surface area contributed by atoms with Gasteiger partial charge in [-0.3, -0.25) is 9.36 Å². The van der Waals surface area contributed by atoms with Gasteiger partial charge in [-0.25, -0.2) is 4.79 Å². The highest BCUT2D eigenvalue weighted by Gasteiger charge is 2.14. The minimum Gasteiger partial charge on any atom is -0.481 e. The van der Waals surface area contributed by atoms with Crippen LogP contribution in [0.1, 0.15) is 28.1 Å². The average molecular weight is 286 g/mol. The lowest BCUT2D eigenvalue weighted by Gasteiger charge is -2.15.